The SMILES string of the molecule is Cl.Cl.O=C(NO)C(F)=Cc1cnc(N[C@@H]2CCCN(CC3CCCCC3)C2)c(Cl)c1. The molecule has 0 spiro atoms. The molecule has 1 aliphatic heterocycles. The van der Waals surface area contributed by atoms with Crippen LogP contribution in [0.25, 0.3) is 6.08 Å². The Morgan fingerprint density at radius 1 is 1.27 bits per heavy atom. The van der Waals surface area contributed by atoms with Crippen LogP contribution in [0.1, 0.15) is 50.5 Å². The molecule has 0 bridgehead atoms. The van der Waals surface area contributed by atoms with Crippen molar-refractivity contribution in [3.63, 3.8) is 0 Å². The largest absolute Gasteiger partial charge is 0.365 e. The molecule has 0 aromatic carbocycles. The van der Waals surface area contributed by atoms with Gasteiger partial charge >= 0.3 is 5.91 Å². The summed E-state index contributed by atoms with van der Waals surface area (Å²) in [5.41, 5.74) is 1.59. The molecule has 170 valence electrons. The van der Waals surface area contributed by atoms with E-state index >= 15 is 0 Å². The standard InChI is InChI=1S/C20H28ClFN4O2.2ClH/c21-17-9-15(10-18(22)20(27)25-28)11-23-19(17)24-16-7-4-8-26(13-16)12-14-5-2-1-3-6-14;;/h9-11,14,16,28H,1-8,12-13H2,(H,23,24)(H,25,27);2*1H/t16-;;/m1../s1. The van der Waals surface area contributed by atoms with Crippen molar-refractivity contribution >= 4 is 54.2 Å². The summed E-state index contributed by atoms with van der Waals surface area (Å²) in [7, 11) is 0. The summed E-state index contributed by atoms with van der Waals surface area (Å²) in [6, 6.07) is 1.82. The minimum Gasteiger partial charge on any atom is -0.365 e. The molecule has 0 radical (unpaired) electrons. The monoisotopic (exact) mass is 482 g/mol. The Morgan fingerprint density at radius 3 is 2.67 bits per heavy atom. The maximum atomic E-state index is 13.5. The molecule has 3 rings (SSSR count). The van der Waals surface area contributed by atoms with Crippen LogP contribution in [0.3, 0.4) is 0 Å². The molecule has 1 amide bonds. The van der Waals surface area contributed by atoms with Crippen LogP contribution >= 0.6 is 36.4 Å². The summed E-state index contributed by atoms with van der Waals surface area (Å²) in [5, 5.41) is 12.2. The number of aromatic nitrogens is 1. The second-order valence-electron chi connectivity index (χ2n) is 7.78. The molecule has 30 heavy (non-hydrogen) atoms. The molecule has 1 aliphatic carbocycles. The highest BCUT2D eigenvalue weighted by atomic mass is 35.5. The summed E-state index contributed by atoms with van der Waals surface area (Å²) in [6.45, 7) is 3.29. The molecule has 2 heterocycles. The van der Waals surface area contributed by atoms with Crippen molar-refractivity contribution in [1.82, 2.24) is 15.4 Å². The summed E-state index contributed by atoms with van der Waals surface area (Å²) >= 11 is 6.30. The van der Waals surface area contributed by atoms with Gasteiger partial charge in [0.1, 0.15) is 5.82 Å². The smallest absolute Gasteiger partial charge is 0.303 e. The van der Waals surface area contributed by atoms with Crippen LogP contribution < -0.4 is 10.8 Å². The van der Waals surface area contributed by atoms with E-state index < -0.39 is 11.7 Å². The van der Waals surface area contributed by atoms with Crippen LogP contribution in [0, 0.1) is 5.92 Å². The van der Waals surface area contributed by atoms with Crippen molar-refractivity contribution in [2.75, 3.05) is 25.0 Å². The summed E-state index contributed by atoms with van der Waals surface area (Å²) in [4.78, 5) is 17.9. The van der Waals surface area contributed by atoms with Crippen LogP contribution in [0.4, 0.5) is 10.2 Å². The molecule has 1 aromatic rings. The van der Waals surface area contributed by atoms with Crippen molar-refractivity contribution in [3.8, 4) is 0 Å². The van der Waals surface area contributed by atoms with E-state index in [4.69, 9.17) is 16.8 Å². The van der Waals surface area contributed by atoms with Gasteiger partial charge in [0.05, 0.1) is 5.02 Å². The molecule has 1 saturated heterocycles. The molecule has 6 nitrogen and oxygen atoms in total. The van der Waals surface area contributed by atoms with E-state index in [1.165, 1.54) is 50.3 Å². The maximum absolute atomic E-state index is 13.5. The Balaban J connectivity index is 0.00000225. The fourth-order valence-electron chi connectivity index (χ4n) is 4.17. The normalized spacial score (nSPS) is 20.6. The highest BCUT2D eigenvalue weighted by molar-refractivity contribution is 6.33. The third-order valence-corrected chi connectivity index (χ3v) is 5.85. The van der Waals surface area contributed by atoms with Gasteiger partial charge < -0.3 is 10.2 Å². The Kier molecular flexibility index (Phi) is 12.0. The fourth-order valence-corrected chi connectivity index (χ4v) is 4.40. The van der Waals surface area contributed by atoms with E-state index in [1.807, 2.05) is 0 Å². The van der Waals surface area contributed by atoms with E-state index in [2.05, 4.69) is 15.2 Å². The molecular weight excluding hydrogens is 454 g/mol. The first-order valence-corrected chi connectivity index (χ1v) is 10.4. The van der Waals surface area contributed by atoms with Gasteiger partial charge in [-0.15, -0.1) is 24.8 Å². The van der Waals surface area contributed by atoms with Crippen LogP contribution in [-0.2, 0) is 4.79 Å². The lowest BCUT2D eigenvalue weighted by atomic mass is 9.88. The number of amides is 1. The molecular formula is C20H30Cl3FN4O2. The number of halogens is 4. The van der Waals surface area contributed by atoms with Gasteiger partial charge in [-0.1, -0.05) is 30.9 Å². The van der Waals surface area contributed by atoms with Gasteiger partial charge in [0.25, 0.3) is 0 Å². The Labute approximate surface area is 194 Å². The number of carbonyl (C=O) groups is 1. The van der Waals surface area contributed by atoms with Gasteiger partial charge in [0.2, 0.25) is 0 Å². The number of hydroxylamine groups is 1. The number of pyridine rings is 1. The molecule has 10 heteroatoms. The first-order chi connectivity index (χ1) is 13.5. The maximum Gasteiger partial charge on any atom is 0.303 e. The van der Waals surface area contributed by atoms with Crippen LogP contribution in [0.5, 0.6) is 0 Å². The molecule has 2 aliphatic rings. The lowest BCUT2D eigenvalue weighted by molar-refractivity contribution is -0.126. The second-order valence-corrected chi connectivity index (χ2v) is 8.19. The first kappa shape index (κ1) is 26.9. The van der Waals surface area contributed by atoms with Crippen molar-refractivity contribution in [3.05, 3.63) is 28.7 Å². The van der Waals surface area contributed by atoms with Crippen molar-refractivity contribution in [2.24, 2.45) is 5.92 Å². The topological polar surface area (TPSA) is 77.5 Å². The minimum absolute atomic E-state index is 0. The number of anilines is 1. The van der Waals surface area contributed by atoms with E-state index in [0.29, 0.717) is 16.4 Å². The van der Waals surface area contributed by atoms with Crippen LogP contribution in [-0.4, -0.2) is 46.7 Å². The summed E-state index contributed by atoms with van der Waals surface area (Å²) in [6.07, 6.45) is 11.4. The van der Waals surface area contributed by atoms with Crippen LogP contribution in [0.2, 0.25) is 5.02 Å². The molecule has 1 aromatic heterocycles. The van der Waals surface area contributed by atoms with E-state index in [1.54, 1.807) is 6.07 Å². The van der Waals surface area contributed by atoms with E-state index in [-0.39, 0.29) is 30.9 Å². The highest BCUT2D eigenvalue weighted by Crippen LogP contribution is 2.27. The lowest BCUT2D eigenvalue weighted by Crippen LogP contribution is -2.44. The van der Waals surface area contributed by atoms with E-state index in [0.717, 1.165) is 37.9 Å². The molecule has 2 fully saturated rings. The summed E-state index contributed by atoms with van der Waals surface area (Å²) < 4.78 is 13.5. The lowest BCUT2D eigenvalue weighted by Gasteiger charge is -2.36. The zero-order valence-corrected chi connectivity index (χ0v) is 19.2. The third kappa shape index (κ3) is 7.85. The third-order valence-electron chi connectivity index (χ3n) is 5.56. The second kappa shape index (κ2) is 13.3. The molecule has 1 atom stereocenters. The van der Waals surface area contributed by atoms with Gasteiger partial charge in [-0.25, -0.2) is 14.9 Å². The molecule has 1 saturated carbocycles. The van der Waals surface area contributed by atoms with Gasteiger partial charge in [-0.3, -0.25) is 10.0 Å². The van der Waals surface area contributed by atoms with Gasteiger partial charge in [-0.05, 0) is 55.9 Å². The number of piperidine rings is 1. The predicted molar refractivity (Wildman–Crippen MR) is 122 cm³/mol. The van der Waals surface area contributed by atoms with Gasteiger partial charge in [0.15, 0.2) is 5.83 Å². The number of likely N-dealkylation sites (tertiary alicyclic amines) is 1. The first-order valence-electron chi connectivity index (χ1n) is 10.0. The Hall–Kier alpha value is -1.12. The average Bonchev–Trinajstić information content (AvgIpc) is 2.70. The molecule has 3 N–H and O–H groups in total. The van der Waals surface area contributed by atoms with Crippen molar-refractivity contribution in [1.29, 1.82) is 0 Å². The number of carbonyl (C=O) groups excluding carboxylic acids is 1. The predicted octanol–water partition coefficient (Wildman–Crippen LogP) is 4.85. The van der Waals surface area contributed by atoms with E-state index in [9.17, 15) is 9.18 Å². The number of hydrogen-bond acceptors (Lipinski definition) is 5. The highest BCUT2D eigenvalue weighted by Gasteiger charge is 2.24. The Bertz CT molecular complexity index is 717. The molecule has 0 unspecified atom stereocenters. The van der Waals surface area contributed by atoms with Gasteiger partial charge in [0, 0.05) is 25.3 Å². The number of rotatable bonds is 6. The zero-order valence-electron chi connectivity index (χ0n) is 16.8. The Morgan fingerprint density at radius 2 is 2.00 bits per heavy atom. The van der Waals surface area contributed by atoms with Crippen LogP contribution in [0.15, 0.2) is 18.1 Å². The fraction of sp³-hybridized carbons (Fsp3) is 0.600. The summed E-state index contributed by atoms with van der Waals surface area (Å²) in [5.74, 6) is -0.938. The number of nitrogens with one attached hydrogen (secondary N) is 2. The quantitative estimate of drug-likeness (QED) is 0.306. The van der Waals surface area contributed by atoms with Crippen molar-refractivity contribution in [2.45, 2.75) is 51.0 Å². The number of nitrogens with zero attached hydrogens (tertiary/aromatic N) is 2. The number of hydrogen-bond donors (Lipinski definition) is 3. The minimum atomic E-state index is -1.21. The van der Waals surface area contributed by atoms with Crippen molar-refractivity contribution < 1.29 is 14.4 Å². The zero-order chi connectivity index (χ0) is 19.9. The van der Waals surface area contributed by atoms with Gasteiger partial charge in [-0.2, -0.15) is 0 Å². The average molecular weight is 484 g/mol.